The second-order valence-electron chi connectivity index (χ2n) is 6.29. The molecule has 1 fully saturated rings. The van der Waals surface area contributed by atoms with Gasteiger partial charge in [-0.1, -0.05) is 0 Å². The van der Waals surface area contributed by atoms with Crippen LogP contribution >= 0.6 is 0 Å². The summed E-state index contributed by atoms with van der Waals surface area (Å²) in [6.07, 6.45) is 0.382. The lowest BCUT2D eigenvalue weighted by molar-refractivity contribution is -0.117. The highest BCUT2D eigenvalue weighted by molar-refractivity contribution is 7.91. The van der Waals surface area contributed by atoms with Gasteiger partial charge >= 0.3 is 6.03 Å². The largest absolute Gasteiger partial charge is 0.486 e. The first-order valence-electron chi connectivity index (χ1n) is 8.30. The lowest BCUT2D eigenvalue weighted by Gasteiger charge is -2.20. The predicted molar refractivity (Wildman–Crippen MR) is 94.2 cm³/mol. The van der Waals surface area contributed by atoms with E-state index in [1.807, 2.05) is 0 Å². The third-order valence-electron chi connectivity index (χ3n) is 4.12. The van der Waals surface area contributed by atoms with Crippen LogP contribution in [-0.4, -0.2) is 57.2 Å². The molecule has 0 bridgehead atoms. The fourth-order valence-corrected chi connectivity index (χ4v) is 4.44. The van der Waals surface area contributed by atoms with Gasteiger partial charge < -0.3 is 25.4 Å². The Bertz CT molecular complexity index is 810. The Balaban J connectivity index is 1.50. The lowest BCUT2D eigenvalue weighted by atomic mass is 10.2. The van der Waals surface area contributed by atoms with E-state index < -0.39 is 33.9 Å². The molecule has 2 atom stereocenters. The molecule has 26 heavy (non-hydrogen) atoms. The smallest absolute Gasteiger partial charge is 0.315 e. The summed E-state index contributed by atoms with van der Waals surface area (Å²) in [5.41, 5.74) is 0.523. The molecule has 1 unspecified atom stereocenters. The van der Waals surface area contributed by atoms with E-state index in [9.17, 15) is 18.0 Å². The topological polar surface area (TPSA) is 123 Å². The maximum atomic E-state index is 12.2. The molecule has 0 aromatic heterocycles. The minimum atomic E-state index is -3.08. The second-order valence-corrected chi connectivity index (χ2v) is 8.52. The van der Waals surface area contributed by atoms with Crippen molar-refractivity contribution in [2.24, 2.45) is 0 Å². The molecule has 1 aromatic rings. The number of amides is 3. The third-order valence-corrected chi connectivity index (χ3v) is 5.89. The van der Waals surface area contributed by atoms with Crippen LogP contribution in [0.25, 0.3) is 0 Å². The Hall–Kier alpha value is -2.49. The highest BCUT2D eigenvalue weighted by atomic mass is 32.2. The van der Waals surface area contributed by atoms with Crippen LogP contribution in [0, 0.1) is 0 Å². The zero-order valence-corrected chi connectivity index (χ0v) is 15.1. The van der Waals surface area contributed by atoms with Gasteiger partial charge in [0.1, 0.15) is 19.3 Å². The first-order chi connectivity index (χ1) is 12.3. The Kier molecular flexibility index (Phi) is 5.21. The SMILES string of the molecule is C[C@H](NC(=O)NC1CCS(=O)(=O)C1)C(=O)Nc1ccc2c(c1)OCCO2. The van der Waals surface area contributed by atoms with Crippen LogP contribution in [0.3, 0.4) is 0 Å². The van der Waals surface area contributed by atoms with Crippen LogP contribution in [0.1, 0.15) is 13.3 Å². The average Bonchev–Trinajstić information content (AvgIpc) is 2.93. The third kappa shape index (κ3) is 4.57. The normalized spacial score (nSPS) is 21.5. The summed E-state index contributed by atoms with van der Waals surface area (Å²) >= 11 is 0. The first-order valence-corrected chi connectivity index (χ1v) is 10.1. The number of nitrogens with one attached hydrogen (secondary N) is 3. The second kappa shape index (κ2) is 7.40. The number of fused-ring (bicyclic) bond motifs is 1. The summed E-state index contributed by atoms with van der Waals surface area (Å²) in [6.45, 7) is 2.47. The Morgan fingerprint density at radius 1 is 1.19 bits per heavy atom. The molecule has 9 nitrogen and oxygen atoms in total. The molecule has 0 radical (unpaired) electrons. The molecule has 2 heterocycles. The van der Waals surface area contributed by atoms with E-state index in [0.29, 0.717) is 36.8 Å². The maximum Gasteiger partial charge on any atom is 0.315 e. The van der Waals surface area contributed by atoms with Gasteiger partial charge in [-0.3, -0.25) is 4.79 Å². The summed E-state index contributed by atoms with van der Waals surface area (Å²) in [5, 5.41) is 7.77. The number of urea groups is 1. The van der Waals surface area contributed by atoms with Gasteiger partial charge in [0.15, 0.2) is 21.3 Å². The van der Waals surface area contributed by atoms with Gasteiger partial charge in [0.05, 0.1) is 11.5 Å². The van der Waals surface area contributed by atoms with Gasteiger partial charge in [0, 0.05) is 17.8 Å². The highest BCUT2D eigenvalue weighted by Gasteiger charge is 2.29. The van der Waals surface area contributed by atoms with Gasteiger partial charge in [-0.05, 0) is 25.5 Å². The summed E-state index contributed by atoms with van der Waals surface area (Å²) in [6, 6.07) is 3.24. The van der Waals surface area contributed by atoms with Crippen molar-refractivity contribution in [3.8, 4) is 11.5 Å². The molecule has 1 saturated heterocycles. The van der Waals surface area contributed by atoms with Crippen LogP contribution < -0.4 is 25.4 Å². The minimum absolute atomic E-state index is 0.0676. The van der Waals surface area contributed by atoms with Crippen molar-refractivity contribution in [2.45, 2.75) is 25.4 Å². The molecular formula is C16H21N3O6S. The van der Waals surface area contributed by atoms with Crippen LogP contribution in [0.4, 0.5) is 10.5 Å². The fraction of sp³-hybridized carbons (Fsp3) is 0.500. The molecule has 3 rings (SSSR count). The van der Waals surface area contributed by atoms with Crippen LogP contribution in [-0.2, 0) is 14.6 Å². The number of anilines is 1. The monoisotopic (exact) mass is 383 g/mol. The molecule has 0 aliphatic carbocycles. The van der Waals surface area contributed by atoms with E-state index in [1.54, 1.807) is 25.1 Å². The lowest BCUT2D eigenvalue weighted by Crippen LogP contribution is -2.49. The molecule has 0 saturated carbocycles. The van der Waals surface area contributed by atoms with Crippen molar-refractivity contribution in [3.05, 3.63) is 18.2 Å². The van der Waals surface area contributed by atoms with E-state index in [-0.39, 0.29) is 11.5 Å². The van der Waals surface area contributed by atoms with Crippen LogP contribution in [0.15, 0.2) is 18.2 Å². The fourth-order valence-electron chi connectivity index (χ4n) is 2.77. The van der Waals surface area contributed by atoms with Crippen molar-refractivity contribution in [1.29, 1.82) is 0 Å². The standard InChI is InChI=1S/C16H21N3O6S/c1-10(17-16(21)19-12-4-7-26(22,23)9-12)15(20)18-11-2-3-13-14(8-11)25-6-5-24-13/h2-3,8,10,12H,4-7,9H2,1H3,(H,18,20)(H2,17,19,21)/t10-,12?/m0/s1. The molecule has 3 N–H and O–H groups in total. The minimum Gasteiger partial charge on any atom is -0.486 e. The zero-order chi connectivity index (χ0) is 18.7. The molecular weight excluding hydrogens is 362 g/mol. The number of carbonyl (C=O) groups excluding carboxylic acids is 2. The van der Waals surface area contributed by atoms with Gasteiger partial charge in [0.2, 0.25) is 5.91 Å². The summed E-state index contributed by atoms with van der Waals surface area (Å²) < 4.78 is 33.7. The number of benzene rings is 1. The molecule has 10 heteroatoms. The molecule has 0 spiro atoms. The predicted octanol–water partition coefficient (Wildman–Crippen LogP) is 0.271. The Morgan fingerprint density at radius 3 is 2.62 bits per heavy atom. The van der Waals surface area contributed by atoms with Gasteiger partial charge in [-0.2, -0.15) is 0 Å². The Labute approximate surface area is 151 Å². The van der Waals surface area contributed by atoms with Crippen molar-refractivity contribution in [1.82, 2.24) is 10.6 Å². The summed E-state index contributed by atoms with van der Waals surface area (Å²) in [4.78, 5) is 24.2. The van der Waals surface area contributed by atoms with E-state index >= 15 is 0 Å². The number of carbonyl (C=O) groups is 2. The molecule has 2 aliphatic rings. The number of hydrogen-bond donors (Lipinski definition) is 3. The van der Waals surface area contributed by atoms with Crippen LogP contribution in [0.5, 0.6) is 11.5 Å². The van der Waals surface area contributed by atoms with Gasteiger partial charge in [0.25, 0.3) is 0 Å². The number of rotatable bonds is 4. The quantitative estimate of drug-likeness (QED) is 0.686. The van der Waals surface area contributed by atoms with Gasteiger partial charge in [-0.15, -0.1) is 0 Å². The molecule has 3 amide bonds. The highest BCUT2D eigenvalue weighted by Crippen LogP contribution is 2.32. The average molecular weight is 383 g/mol. The summed E-state index contributed by atoms with van der Waals surface area (Å²) in [7, 11) is -3.08. The number of hydrogen-bond acceptors (Lipinski definition) is 6. The number of ether oxygens (including phenoxy) is 2. The van der Waals surface area contributed by atoms with Crippen molar-refractivity contribution in [3.63, 3.8) is 0 Å². The first kappa shape index (κ1) is 18.3. The van der Waals surface area contributed by atoms with Gasteiger partial charge in [-0.25, -0.2) is 13.2 Å². The van der Waals surface area contributed by atoms with E-state index in [2.05, 4.69) is 16.0 Å². The van der Waals surface area contributed by atoms with Crippen molar-refractivity contribution < 1.29 is 27.5 Å². The van der Waals surface area contributed by atoms with Crippen molar-refractivity contribution >= 4 is 27.5 Å². The Morgan fingerprint density at radius 2 is 1.92 bits per heavy atom. The molecule has 1 aromatic carbocycles. The van der Waals surface area contributed by atoms with Crippen LogP contribution in [0.2, 0.25) is 0 Å². The zero-order valence-electron chi connectivity index (χ0n) is 14.3. The van der Waals surface area contributed by atoms with E-state index in [1.165, 1.54) is 0 Å². The van der Waals surface area contributed by atoms with Crippen molar-refractivity contribution in [2.75, 3.05) is 30.0 Å². The maximum absolute atomic E-state index is 12.2. The number of sulfone groups is 1. The van der Waals surface area contributed by atoms with E-state index in [0.717, 1.165) is 0 Å². The molecule has 142 valence electrons. The van der Waals surface area contributed by atoms with E-state index in [4.69, 9.17) is 9.47 Å². The summed E-state index contributed by atoms with van der Waals surface area (Å²) in [5.74, 6) is 0.757. The molecule has 2 aliphatic heterocycles.